The molecule has 6 aliphatic rings. The predicted molar refractivity (Wildman–Crippen MR) is 123 cm³/mol. The lowest BCUT2D eigenvalue weighted by molar-refractivity contribution is -0.309. The van der Waals surface area contributed by atoms with Crippen molar-refractivity contribution in [2.75, 3.05) is 20.8 Å². The largest absolute Gasteiger partial charge is 0.493 e. The molecule has 7 unspecified atom stereocenters. The number of nitrogens with zero attached hydrogens (tertiary/aromatic N) is 2. The Kier molecular flexibility index (Phi) is 4.03. The Morgan fingerprint density at radius 2 is 1.94 bits per heavy atom. The van der Waals surface area contributed by atoms with E-state index in [0.717, 1.165) is 50.1 Å². The number of ether oxygens (including phenoxy) is 3. The Morgan fingerprint density at radius 3 is 2.58 bits per heavy atom. The molecule has 4 fully saturated rings. The fourth-order valence-electron chi connectivity index (χ4n) is 8.91. The van der Waals surface area contributed by atoms with Gasteiger partial charge >= 0.3 is 0 Å². The summed E-state index contributed by atoms with van der Waals surface area (Å²) in [4.78, 5) is 2.03. The highest BCUT2D eigenvalue weighted by atomic mass is 16.6. The quantitative estimate of drug-likeness (QED) is 0.704. The molecule has 2 heterocycles. The van der Waals surface area contributed by atoms with Crippen molar-refractivity contribution in [3.63, 3.8) is 0 Å². The summed E-state index contributed by atoms with van der Waals surface area (Å²) in [6, 6.07) is 4.30. The van der Waals surface area contributed by atoms with Gasteiger partial charge in [-0.25, -0.2) is 0 Å². The standard InChI is InChI=1S/C27H36N2O4/c1-23(2,3)24(4,30)18-14-25-9-10-27(18,32-6)22-26(25)11-12-29(15-28)19(25)13-16-7-8-17(31-5)21(33-22)20(16)26/h7-8,18-19,22,30H,9-14H2,1-6H3. The van der Waals surface area contributed by atoms with Crippen LogP contribution >= 0.6 is 0 Å². The molecule has 1 aromatic carbocycles. The van der Waals surface area contributed by atoms with E-state index in [-0.39, 0.29) is 34.3 Å². The molecule has 0 aromatic heterocycles. The molecular formula is C27H36N2O4. The first-order chi connectivity index (χ1) is 15.5. The molecule has 0 amide bonds. The highest BCUT2D eigenvalue weighted by Crippen LogP contribution is 2.77. The fraction of sp³-hybridized carbons (Fsp3) is 0.741. The molecule has 2 spiro atoms. The van der Waals surface area contributed by atoms with Crippen LogP contribution in [-0.2, 0) is 16.6 Å². The summed E-state index contributed by atoms with van der Waals surface area (Å²) in [5.41, 5.74) is 0.315. The summed E-state index contributed by atoms with van der Waals surface area (Å²) < 4.78 is 19.3. The first kappa shape index (κ1) is 21.6. The van der Waals surface area contributed by atoms with Crippen molar-refractivity contribution in [1.82, 2.24) is 4.90 Å². The molecule has 6 heteroatoms. The van der Waals surface area contributed by atoms with Gasteiger partial charge in [-0.15, -0.1) is 0 Å². The zero-order chi connectivity index (χ0) is 23.6. The topological polar surface area (TPSA) is 75.0 Å². The van der Waals surface area contributed by atoms with Gasteiger partial charge in [0.05, 0.1) is 12.7 Å². The molecule has 0 radical (unpaired) electrons. The van der Waals surface area contributed by atoms with Crippen LogP contribution in [-0.4, -0.2) is 54.1 Å². The average Bonchev–Trinajstić information content (AvgIpc) is 3.15. The fourth-order valence-corrected chi connectivity index (χ4v) is 8.91. The minimum atomic E-state index is -0.966. The minimum Gasteiger partial charge on any atom is -0.493 e. The molecule has 7 atom stereocenters. The second-order valence-electron chi connectivity index (χ2n) is 12.3. The summed E-state index contributed by atoms with van der Waals surface area (Å²) in [7, 11) is 3.50. The summed E-state index contributed by atoms with van der Waals surface area (Å²) in [5.74, 6) is 1.54. The number of fused-ring (bicyclic) bond motifs is 2. The molecule has 7 rings (SSSR count). The number of likely N-dealkylation sites (tertiary alicyclic amines) is 1. The van der Waals surface area contributed by atoms with Crippen LogP contribution in [0.4, 0.5) is 0 Å². The van der Waals surface area contributed by atoms with Crippen LogP contribution in [0.15, 0.2) is 12.1 Å². The monoisotopic (exact) mass is 452 g/mol. The van der Waals surface area contributed by atoms with Gasteiger partial charge in [-0.05, 0) is 56.1 Å². The van der Waals surface area contributed by atoms with Crippen LogP contribution in [0.25, 0.3) is 0 Å². The number of piperidine rings is 1. The summed E-state index contributed by atoms with van der Waals surface area (Å²) in [6.07, 6.45) is 6.68. The second-order valence-corrected chi connectivity index (χ2v) is 12.3. The van der Waals surface area contributed by atoms with Crippen molar-refractivity contribution in [3.05, 3.63) is 23.3 Å². The van der Waals surface area contributed by atoms with Gasteiger partial charge in [-0.2, -0.15) is 5.26 Å². The molecule has 178 valence electrons. The highest BCUT2D eigenvalue weighted by molar-refractivity contribution is 5.63. The highest BCUT2D eigenvalue weighted by Gasteiger charge is 2.82. The average molecular weight is 453 g/mol. The van der Waals surface area contributed by atoms with Crippen molar-refractivity contribution >= 4 is 0 Å². The first-order valence-corrected chi connectivity index (χ1v) is 12.3. The first-order valence-electron chi connectivity index (χ1n) is 12.3. The van der Waals surface area contributed by atoms with Gasteiger partial charge in [0.25, 0.3) is 0 Å². The van der Waals surface area contributed by atoms with Crippen LogP contribution in [0.1, 0.15) is 64.5 Å². The van der Waals surface area contributed by atoms with Gasteiger partial charge in [0.1, 0.15) is 11.7 Å². The maximum absolute atomic E-state index is 12.1. The van der Waals surface area contributed by atoms with E-state index >= 15 is 0 Å². The van der Waals surface area contributed by atoms with Gasteiger partial charge in [0.15, 0.2) is 17.7 Å². The third-order valence-corrected chi connectivity index (χ3v) is 10.9. The van der Waals surface area contributed by atoms with Gasteiger partial charge < -0.3 is 24.2 Å². The van der Waals surface area contributed by atoms with E-state index in [0.29, 0.717) is 0 Å². The number of rotatable bonds is 3. The van der Waals surface area contributed by atoms with Crippen molar-refractivity contribution in [1.29, 1.82) is 5.26 Å². The summed E-state index contributed by atoms with van der Waals surface area (Å²) in [6.45, 7) is 9.05. The van der Waals surface area contributed by atoms with Crippen molar-refractivity contribution in [2.24, 2.45) is 16.7 Å². The van der Waals surface area contributed by atoms with Crippen molar-refractivity contribution in [3.8, 4) is 17.7 Å². The predicted octanol–water partition coefficient (Wildman–Crippen LogP) is 3.79. The molecule has 6 nitrogen and oxygen atoms in total. The number of aliphatic hydroxyl groups is 1. The molecular weight excluding hydrogens is 416 g/mol. The van der Waals surface area contributed by atoms with E-state index in [1.807, 2.05) is 17.9 Å². The lowest BCUT2D eigenvalue weighted by atomic mass is 9.33. The Morgan fingerprint density at radius 1 is 1.18 bits per heavy atom. The van der Waals surface area contributed by atoms with E-state index in [9.17, 15) is 10.4 Å². The molecule has 33 heavy (non-hydrogen) atoms. The van der Waals surface area contributed by atoms with Crippen LogP contribution in [0.2, 0.25) is 0 Å². The number of hydrogen-bond acceptors (Lipinski definition) is 6. The third-order valence-electron chi connectivity index (χ3n) is 10.9. The smallest absolute Gasteiger partial charge is 0.179 e. The van der Waals surface area contributed by atoms with E-state index in [4.69, 9.17) is 14.2 Å². The number of hydrogen-bond donors (Lipinski definition) is 1. The zero-order valence-electron chi connectivity index (χ0n) is 20.7. The molecule has 1 aromatic rings. The lowest BCUT2D eigenvalue weighted by Crippen LogP contribution is -2.83. The molecule has 1 N–H and O–H groups in total. The Balaban J connectivity index is 1.66. The Labute approximate surface area is 196 Å². The zero-order valence-corrected chi connectivity index (χ0v) is 20.7. The number of methoxy groups -OCH3 is 2. The van der Waals surface area contributed by atoms with Gasteiger partial charge in [-0.1, -0.05) is 26.8 Å². The SMILES string of the molecule is COc1ccc2c3c1OC1C4(OC)CCC5(CC4C(C)(O)C(C)(C)C)C(C2)N(C#N)CCC315. The van der Waals surface area contributed by atoms with Crippen LogP contribution in [0.3, 0.4) is 0 Å². The maximum Gasteiger partial charge on any atom is 0.179 e. The molecule has 1 saturated heterocycles. The normalized spacial score (nSPS) is 41.6. The van der Waals surface area contributed by atoms with E-state index in [2.05, 4.69) is 33.0 Å². The van der Waals surface area contributed by atoms with Gasteiger partial charge in [-0.3, -0.25) is 0 Å². The Bertz CT molecular complexity index is 1070. The van der Waals surface area contributed by atoms with E-state index in [1.54, 1.807) is 14.2 Å². The Hall–Kier alpha value is -1.97. The number of nitriles is 1. The maximum atomic E-state index is 12.1. The lowest BCUT2D eigenvalue weighted by Gasteiger charge is -2.75. The second kappa shape index (κ2) is 6.17. The summed E-state index contributed by atoms with van der Waals surface area (Å²) >= 11 is 0. The third kappa shape index (κ3) is 2.10. The van der Waals surface area contributed by atoms with E-state index < -0.39 is 11.2 Å². The molecule has 4 bridgehead atoms. The molecule has 4 aliphatic carbocycles. The number of benzene rings is 1. The van der Waals surface area contributed by atoms with E-state index in [1.165, 1.54) is 11.1 Å². The van der Waals surface area contributed by atoms with Crippen molar-refractivity contribution < 1.29 is 19.3 Å². The van der Waals surface area contributed by atoms with Crippen LogP contribution < -0.4 is 9.47 Å². The van der Waals surface area contributed by atoms with Crippen molar-refractivity contribution in [2.45, 2.75) is 88.6 Å². The molecule has 3 saturated carbocycles. The van der Waals surface area contributed by atoms with Gasteiger partial charge in [0.2, 0.25) is 0 Å². The summed E-state index contributed by atoms with van der Waals surface area (Å²) in [5, 5.41) is 22.2. The van der Waals surface area contributed by atoms with Gasteiger partial charge in [0, 0.05) is 42.0 Å². The molecule has 2 aliphatic heterocycles. The van der Waals surface area contributed by atoms with Crippen LogP contribution in [0.5, 0.6) is 11.5 Å². The minimum absolute atomic E-state index is 0.107. The van der Waals surface area contributed by atoms with Crippen LogP contribution in [0, 0.1) is 28.2 Å².